The Morgan fingerprint density at radius 3 is 2.67 bits per heavy atom. The van der Waals surface area contributed by atoms with Crippen molar-refractivity contribution >= 4 is 22.9 Å². The minimum atomic E-state index is -0.701. The van der Waals surface area contributed by atoms with Crippen LogP contribution in [0.5, 0.6) is 0 Å². The number of aromatic nitrogens is 1. The molecule has 1 unspecified atom stereocenters. The van der Waals surface area contributed by atoms with E-state index in [-0.39, 0.29) is 4.92 Å². The van der Waals surface area contributed by atoms with Gasteiger partial charge in [0.05, 0.1) is 6.54 Å². The van der Waals surface area contributed by atoms with E-state index < -0.39 is 6.17 Å². The molecule has 0 saturated heterocycles. The van der Waals surface area contributed by atoms with Gasteiger partial charge in [-0.1, -0.05) is 18.5 Å². The van der Waals surface area contributed by atoms with Crippen molar-refractivity contribution in [3.8, 4) is 0 Å². The molecular formula is C10H17ClN4O2S. The van der Waals surface area contributed by atoms with Crippen LogP contribution < -0.4 is 0 Å². The molecule has 0 N–H and O–H groups in total. The van der Waals surface area contributed by atoms with Crippen LogP contribution >= 0.6 is 22.9 Å². The summed E-state index contributed by atoms with van der Waals surface area (Å²) in [6.45, 7) is 3.74. The molecule has 0 spiro atoms. The summed E-state index contributed by atoms with van der Waals surface area (Å²) in [4.78, 5) is 19.3. The fraction of sp³-hybridized carbons (Fsp3) is 0.700. The van der Waals surface area contributed by atoms with Gasteiger partial charge in [-0.15, -0.1) is 11.3 Å². The van der Waals surface area contributed by atoms with Crippen molar-refractivity contribution in [2.45, 2.75) is 19.6 Å². The van der Waals surface area contributed by atoms with Crippen LogP contribution in [0.15, 0.2) is 6.20 Å². The van der Waals surface area contributed by atoms with Crippen LogP contribution in [0, 0.1) is 10.1 Å². The molecule has 18 heavy (non-hydrogen) atoms. The highest BCUT2D eigenvalue weighted by Crippen LogP contribution is 2.19. The van der Waals surface area contributed by atoms with Gasteiger partial charge in [-0.2, -0.15) is 0 Å². The first-order valence-electron chi connectivity index (χ1n) is 5.56. The molecule has 102 valence electrons. The third-order valence-corrected chi connectivity index (χ3v) is 3.71. The summed E-state index contributed by atoms with van der Waals surface area (Å²) in [5, 5.41) is 11.0. The first-order valence-corrected chi connectivity index (χ1v) is 6.76. The largest absolute Gasteiger partial charge is 0.291 e. The van der Waals surface area contributed by atoms with Crippen molar-refractivity contribution in [1.29, 1.82) is 0 Å². The second kappa shape index (κ2) is 6.98. The summed E-state index contributed by atoms with van der Waals surface area (Å²) in [5.41, 5.74) is 0. The molecule has 8 heteroatoms. The molecular weight excluding hydrogens is 276 g/mol. The normalized spacial score (nSPS) is 13.2. The maximum Gasteiger partial charge on any atom is 0.280 e. The second-order valence-corrected chi connectivity index (χ2v) is 5.83. The number of likely N-dealkylation sites (N-methyl/N-ethyl adjacent to an activating group) is 2. The summed E-state index contributed by atoms with van der Waals surface area (Å²) in [6.07, 6.45) is 1.01. The van der Waals surface area contributed by atoms with Crippen LogP contribution in [-0.2, 0) is 6.54 Å². The first-order chi connectivity index (χ1) is 8.43. The van der Waals surface area contributed by atoms with Crippen molar-refractivity contribution in [3.05, 3.63) is 25.7 Å². The zero-order valence-electron chi connectivity index (χ0n) is 10.7. The Labute approximate surface area is 115 Å². The molecule has 0 aromatic carbocycles. The SMILES string of the molecule is CCN(Cc1cnc(Cl)s1)CC(N(C)C)[N+](=O)[O-]. The zero-order chi connectivity index (χ0) is 13.7. The van der Waals surface area contributed by atoms with E-state index in [9.17, 15) is 10.1 Å². The predicted molar refractivity (Wildman–Crippen MR) is 72.5 cm³/mol. The number of nitro groups is 1. The Hall–Kier alpha value is -0.760. The molecule has 1 atom stereocenters. The summed E-state index contributed by atoms with van der Waals surface area (Å²) in [7, 11) is 3.43. The van der Waals surface area contributed by atoms with E-state index >= 15 is 0 Å². The van der Waals surface area contributed by atoms with Crippen LogP contribution in [-0.4, -0.2) is 53.1 Å². The van der Waals surface area contributed by atoms with Crippen LogP contribution in [0.4, 0.5) is 0 Å². The fourth-order valence-electron chi connectivity index (χ4n) is 1.53. The summed E-state index contributed by atoms with van der Waals surface area (Å²) in [6, 6.07) is 0. The Morgan fingerprint density at radius 1 is 1.61 bits per heavy atom. The van der Waals surface area contributed by atoms with Gasteiger partial charge in [0.2, 0.25) is 0 Å². The van der Waals surface area contributed by atoms with Gasteiger partial charge in [0.25, 0.3) is 6.17 Å². The monoisotopic (exact) mass is 292 g/mol. The van der Waals surface area contributed by atoms with E-state index in [2.05, 4.69) is 4.98 Å². The zero-order valence-corrected chi connectivity index (χ0v) is 12.2. The predicted octanol–water partition coefficient (Wildman–Crippen LogP) is 1.78. The average molecular weight is 293 g/mol. The van der Waals surface area contributed by atoms with Crippen molar-refractivity contribution in [3.63, 3.8) is 0 Å². The molecule has 6 nitrogen and oxygen atoms in total. The Balaban J connectivity index is 2.63. The quantitative estimate of drug-likeness (QED) is 0.435. The number of nitrogens with zero attached hydrogens (tertiary/aromatic N) is 4. The van der Waals surface area contributed by atoms with Gasteiger partial charge in [-0.3, -0.25) is 15.0 Å². The maximum absolute atomic E-state index is 11.0. The lowest BCUT2D eigenvalue weighted by Crippen LogP contribution is -2.45. The molecule has 0 bridgehead atoms. The van der Waals surface area contributed by atoms with Crippen molar-refractivity contribution in [2.24, 2.45) is 0 Å². The van der Waals surface area contributed by atoms with Crippen molar-refractivity contribution in [1.82, 2.24) is 14.8 Å². The number of hydrogen-bond acceptors (Lipinski definition) is 6. The number of rotatable bonds is 7. The van der Waals surface area contributed by atoms with Gasteiger partial charge in [-0.05, 0) is 20.6 Å². The molecule has 1 rings (SSSR count). The molecule has 0 fully saturated rings. The highest BCUT2D eigenvalue weighted by Gasteiger charge is 2.25. The highest BCUT2D eigenvalue weighted by atomic mass is 35.5. The van der Waals surface area contributed by atoms with Gasteiger partial charge >= 0.3 is 0 Å². The van der Waals surface area contributed by atoms with Crippen LogP contribution in [0.25, 0.3) is 0 Å². The minimum Gasteiger partial charge on any atom is -0.291 e. The van der Waals surface area contributed by atoms with Gasteiger partial charge in [0.1, 0.15) is 0 Å². The average Bonchev–Trinajstić information content (AvgIpc) is 2.68. The van der Waals surface area contributed by atoms with E-state index in [0.717, 1.165) is 11.4 Å². The molecule has 0 aliphatic carbocycles. The van der Waals surface area contributed by atoms with E-state index in [1.807, 2.05) is 11.8 Å². The minimum absolute atomic E-state index is 0.262. The number of halogens is 1. The Bertz CT molecular complexity index is 399. The van der Waals surface area contributed by atoms with Gasteiger partial charge in [-0.25, -0.2) is 9.88 Å². The van der Waals surface area contributed by atoms with Crippen LogP contribution in [0.1, 0.15) is 11.8 Å². The second-order valence-electron chi connectivity index (χ2n) is 4.14. The first kappa shape index (κ1) is 15.3. The molecule has 0 amide bonds. The third kappa shape index (κ3) is 4.49. The standard InChI is InChI=1S/C10H17ClN4O2S/c1-4-14(6-8-5-12-10(11)18-8)7-9(13(2)3)15(16)17/h5,9H,4,6-7H2,1-3H3. The van der Waals surface area contributed by atoms with Crippen molar-refractivity contribution < 1.29 is 4.92 Å². The van der Waals surface area contributed by atoms with Crippen LogP contribution in [0.3, 0.4) is 0 Å². The van der Waals surface area contributed by atoms with E-state index in [4.69, 9.17) is 11.6 Å². The Kier molecular flexibility index (Phi) is 5.94. The molecule has 1 aromatic heterocycles. The summed E-state index contributed by atoms with van der Waals surface area (Å²) >= 11 is 7.17. The van der Waals surface area contributed by atoms with Crippen molar-refractivity contribution in [2.75, 3.05) is 27.2 Å². The van der Waals surface area contributed by atoms with Gasteiger partial charge in [0.15, 0.2) is 4.47 Å². The lowest BCUT2D eigenvalue weighted by molar-refractivity contribution is -0.548. The molecule has 1 aromatic rings. The summed E-state index contributed by atoms with van der Waals surface area (Å²) < 4.78 is 0.500. The number of thiazole rings is 1. The Morgan fingerprint density at radius 2 is 2.28 bits per heavy atom. The van der Waals surface area contributed by atoms with E-state index in [1.54, 1.807) is 25.2 Å². The van der Waals surface area contributed by atoms with Gasteiger partial charge < -0.3 is 0 Å². The molecule has 0 saturated carbocycles. The molecule has 0 aliphatic rings. The smallest absolute Gasteiger partial charge is 0.280 e. The highest BCUT2D eigenvalue weighted by molar-refractivity contribution is 7.15. The maximum atomic E-state index is 11.0. The topological polar surface area (TPSA) is 62.5 Å². The van der Waals surface area contributed by atoms with E-state index in [1.165, 1.54) is 11.3 Å². The van der Waals surface area contributed by atoms with Crippen LogP contribution in [0.2, 0.25) is 4.47 Å². The third-order valence-electron chi connectivity index (χ3n) is 2.61. The lowest BCUT2D eigenvalue weighted by atomic mass is 10.3. The van der Waals surface area contributed by atoms with Gasteiger partial charge in [0, 0.05) is 22.5 Å². The van der Waals surface area contributed by atoms with E-state index in [0.29, 0.717) is 17.6 Å². The molecule has 0 radical (unpaired) electrons. The lowest BCUT2D eigenvalue weighted by Gasteiger charge is -2.24. The molecule has 0 aliphatic heterocycles. The fourth-order valence-corrected chi connectivity index (χ4v) is 2.55. The number of hydrogen-bond donors (Lipinski definition) is 0. The summed E-state index contributed by atoms with van der Waals surface area (Å²) in [5.74, 6) is 0. The molecule has 1 heterocycles.